The molecule has 140 valence electrons. The van der Waals surface area contributed by atoms with Crippen LogP contribution in [0.4, 0.5) is 5.69 Å². The number of fused-ring (bicyclic) bond motifs is 2. The van der Waals surface area contributed by atoms with Gasteiger partial charge in [0.25, 0.3) is 0 Å². The lowest BCUT2D eigenvalue weighted by atomic mass is 10.3. The molecule has 0 aliphatic carbocycles. The van der Waals surface area contributed by atoms with Crippen LogP contribution in [0.2, 0.25) is 5.15 Å². The third-order valence-corrected chi connectivity index (χ3v) is 4.70. The number of aromatic amines is 1. The van der Waals surface area contributed by atoms with E-state index in [0.717, 1.165) is 39.5 Å². The highest BCUT2D eigenvalue weighted by molar-refractivity contribution is 6.29. The number of halogens is 1. The molecule has 0 aliphatic heterocycles. The van der Waals surface area contributed by atoms with Crippen molar-refractivity contribution in [2.75, 3.05) is 5.32 Å². The van der Waals surface area contributed by atoms with Crippen molar-refractivity contribution in [3.05, 3.63) is 53.5 Å². The summed E-state index contributed by atoms with van der Waals surface area (Å²) in [5.41, 5.74) is 5.89. The van der Waals surface area contributed by atoms with Gasteiger partial charge in [-0.05, 0) is 18.6 Å². The summed E-state index contributed by atoms with van der Waals surface area (Å²) < 4.78 is 3.45. The van der Waals surface area contributed by atoms with Crippen LogP contribution >= 0.6 is 11.6 Å². The number of aromatic nitrogens is 8. The number of hydrogen-bond acceptors (Lipinski definition) is 6. The molecule has 0 aliphatic rings. The predicted molar refractivity (Wildman–Crippen MR) is 106 cm³/mol. The summed E-state index contributed by atoms with van der Waals surface area (Å²) in [5.74, 6) is 0.780. The molecule has 0 saturated carbocycles. The lowest BCUT2D eigenvalue weighted by Crippen LogP contribution is -2.05. The minimum atomic E-state index is 0.361. The highest BCUT2D eigenvalue weighted by atomic mass is 35.5. The molecule has 0 fully saturated rings. The van der Waals surface area contributed by atoms with E-state index in [1.165, 1.54) is 0 Å². The molecule has 0 aromatic carbocycles. The number of hydrogen-bond donors (Lipinski definition) is 2. The predicted octanol–water partition coefficient (Wildman–Crippen LogP) is 2.98. The number of nitrogens with zero attached hydrogens (tertiary/aromatic N) is 7. The summed E-state index contributed by atoms with van der Waals surface area (Å²) in [5, 5.41) is 12.3. The fourth-order valence-electron chi connectivity index (χ4n) is 3.16. The number of imidazole rings is 2. The van der Waals surface area contributed by atoms with E-state index in [-0.39, 0.29) is 0 Å². The highest BCUT2D eigenvalue weighted by Crippen LogP contribution is 2.26. The number of H-pyrrole nitrogens is 1. The SMILES string of the molecule is Cc1ccnc2[nH]c(CNc3cc(Cl)nn4c(-c5cnn(C)c5)cnc34)nc12. The molecular formula is C18H16ClN9. The Balaban J connectivity index is 1.50. The van der Waals surface area contributed by atoms with Gasteiger partial charge in [0.05, 0.1) is 30.3 Å². The molecular weight excluding hydrogens is 378 g/mol. The van der Waals surface area contributed by atoms with Crippen molar-refractivity contribution in [3.8, 4) is 11.3 Å². The first-order valence-corrected chi connectivity index (χ1v) is 9.03. The van der Waals surface area contributed by atoms with Crippen LogP contribution in [0.1, 0.15) is 11.4 Å². The van der Waals surface area contributed by atoms with Gasteiger partial charge in [-0.15, -0.1) is 0 Å². The number of rotatable bonds is 4. The van der Waals surface area contributed by atoms with Crippen LogP contribution in [0.3, 0.4) is 0 Å². The topological polar surface area (TPSA) is 102 Å². The summed E-state index contributed by atoms with van der Waals surface area (Å²) in [6.07, 6.45) is 7.20. The zero-order valence-electron chi connectivity index (χ0n) is 15.2. The van der Waals surface area contributed by atoms with Gasteiger partial charge in [-0.2, -0.15) is 10.2 Å². The third-order valence-electron chi connectivity index (χ3n) is 4.52. The van der Waals surface area contributed by atoms with Gasteiger partial charge in [0.15, 0.2) is 16.4 Å². The lowest BCUT2D eigenvalue weighted by Gasteiger charge is -2.07. The molecule has 5 aromatic rings. The van der Waals surface area contributed by atoms with Gasteiger partial charge in [-0.25, -0.2) is 19.5 Å². The molecule has 28 heavy (non-hydrogen) atoms. The van der Waals surface area contributed by atoms with Gasteiger partial charge in [0.2, 0.25) is 0 Å². The second-order valence-electron chi connectivity index (χ2n) is 6.52. The largest absolute Gasteiger partial charge is 0.375 e. The molecule has 5 rings (SSSR count). The van der Waals surface area contributed by atoms with Crippen molar-refractivity contribution >= 4 is 34.1 Å². The number of nitrogens with one attached hydrogen (secondary N) is 2. The monoisotopic (exact) mass is 393 g/mol. The molecule has 0 radical (unpaired) electrons. The van der Waals surface area contributed by atoms with E-state index >= 15 is 0 Å². The Morgan fingerprint density at radius 1 is 1.25 bits per heavy atom. The first-order chi connectivity index (χ1) is 13.6. The molecule has 5 aromatic heterocycles. The normalized spacial score (nSPS) is 11.5. The maximum atomic E-state index is 6.26. The van der Waals surface area contributed by atoms with Crippen LogP contribution < -0.4 is 5.32 Å². The average Bonchev–Trinajstić information content (AvgIpc) is 3.37. The molecule has 9 nitrogen and oxygen atoms in total. The van der Waals surface area contributed by atoms with E-state index in [0.29, 0.717) is 17.3 Å². The number of anilines is 1. The molecule has 5 heterocycles. The van der Waals surface area contributed by atoms with Crippen molar-refractivity contribution in [1.82, 2.24) is 39.3 Å². The van der Waals surface area contributed by atoms with Crippen molar-refractivity contribution < 1.29 is 0 Å². The second-order valence-corrected chi connectivity index (χ2v) is 6.91. The minimum absolute atomic E-state index is 0.361. The Morgan fingerprint density at radius 2 is 2.14 bits per heavy atom. The lowest BCUT2D eigenvalue weighted by molar-refractivity contribution is 0.768. The van der Waals surface area contributed by atoms with Crippen LogP contribution in [0.25, 0.3) is 28.1 Å². The highest BCUT2D eigenvalue weighted by Gasteiger charge is 2.14. The van der Waals surface area contributed by atoms with Crippen LogP contribution in [-0.4, -0.2) is 39.3 Å². The Hall–Kier alpha value is -3.46. The van der Waals surface area contributed by atoms with Crippen molar-refractivity contribution in [2.24, 2.45) is 7.05 Å². The van der Waals surface area contributed by atoms with Crippen molar-refractivity contribution in [1.29, 1.82) is 0 Å². The van der Waals surface area contributed by atoms with Crippen LogP contribution in [-0.2, 0) is 13.6 Å². The Morgan fingerprint density at radius 3 is 2.93 bits per heavy atom. The molecule has 10 heteroatoms. The number of pyridine rings is 1. The molecule has 0 atom stereocenters. The smallest absolute Gasteiger partial charge is 0.177 e. The van der Waals surface area contributed by atoms with Crippen LogP contribution in [0.15, 0.2) is 36.9 Å². The van der Waals surface area contributed by atoms with Crippen LogP contribution in [0, 0.1) is 6.92 Å². The van der Waals surface area contributed by atoms with Gasteiger partial charge in [-0.1, -0.05) is 11.6 Å². The van der Waals surface area contributed by atoms with Gasteiger partial charge in [-0.3, -0.25) is 4.68 Å². The fraction of sp³-hybridized carbons (Fsp3) is 0.167. The average molecular weight is 394 g/mol. The fourth-order valence-corrected chi connectivity index (χ4v) is 3.35. The van der Waals surface area contributed by atoms with E-state index < -0.39 is 0 Å². The third kappa shape index (κ3) is 2.76. The number of aryl methyl sites for hydroxylation is 2. The van der Waals surface area contributed by atoms with Gasteiger partial charge < -0.3 is 10.3 Å². The first kappa shape index (κ1) is 16.7. The maximum Gasteiger partial charge on any atom is 0.177 e. The summed E-state index contributed by atoms with van der Waals surface area (Å²) in [6.45, 7) is 2.49. The van der Waals surface area contributed by atoms with Crippen LogP contribution in [0.5, 0.6) is 0 Å². The van der Waals surface area contributed by atoms with Crippen molar-refractivity contribution in [2.45, 2.75) is 13.5 Å². The first-order valence-electron chi connectivity index (χ1n) is 8.66. The summed E-state index contributed by atoms with van der Waals surface area (Å²) >= 11 is 6.26. The second kappa shape index (κ2) is 6.31. The van der Waals surface area contributed by atoms with E-state index in [2.05, 4.69) is 35.5 Å². The van der Waals surface area contributed by atoms with Gasteiger partial charge in [0.1, 0.15) is 11.3 Å². The molecule has 2 N–H and O–H groups in total. The summed E-state index contributed by atoms with van der Waals surface area (Å²) in [4.78, 5) is 16.7. The van der Waals surface area contributed by atoms with Crippen molar-refractivity contribution in [3.63, 3.8) is 0 Å². The molecule has 0 saturated heterocycles. The maximum absolute atomic E-state index is 6.26. The quantitative estimate of drug-likeness (QED) is 0.486. The summed E-state index contributed by atoms with van der Waals surface area (Å²) in [7, 11) is 1.87. The van der Waals surface area contributed by atoms with E-state index in [9.17, 15) is 0 Å². The Labute approximate surface area is 164 Å². The zero-order valence-corrected chi connectivity index (χ0v) is 15.9. The van der Waals surface area contributed by atoms with E-state index in [1.54, 1.807) is 33.9 Å². The summed E-state index contributed by atoms with van der Waals surface area (Å²) in [6, 6.07) is 3.69. The zero-order chi connectivity index (χ0) is 19.3. The van der Waals surface area contributed by atoms with E-state index in [1.807, 2.05) is 26.2 Å². The molecule has 0 bridgehead atoms. The molecule has 0 unspecified atom stereocenters. The molecule has 0 amide bonds. The standard InChI is InChI=1S/C18H16ClN9/c1-10-3-4-20-17-16(10)24-15(25-17)8-21-12-5-14(19)26-28-13(7-22-18(12)28)11-6-23-27(2)9-11/h3-7,9,21H,8H2,1-2H3,(H,20,24,25). The van der Waals surface area contributed by atoms with E-state index in [4.69, 9.17) is 11.6 Å². The minimum Gasteiger partial charge on any atom is -0.375 e. The Kier molecular flexibility index (Phi) is 3.76. The van der Waals surface area contributed by atoms with Gasteiger partial charge >= 0.3 is 0 Å². The Bertz CT molecular complexity index is 1310. The van der Waals surface area contributed by atoms with Gasteiger partial charge in [0, 0.05) is 31.1 Å². The molecule has 0 spiro atoms.